The normalized spacial score (nSPS) is 28.6. The number of fused-ring (bicyclic) bond motifs is 2. The maximum atomic E-state index is 13.1. The molecule has 0 aromatic heterocycles. The van der Waals surface area contributed by atoms with Gasteiger partial charge in [-0.15, -0.1) is 0 Å². The first-order valence-electron chi connectivity index (χ1n) is 9.28. The number of nitriles is 1. The molecule has 3 aliphatic heterocycles. The molecule has 2 bridgehead atoms. The quantitative estimate of drug-likeness (QED) is 0.830. The Morgan fingerprint density at radius 3 is 2.78 bits per heavy atom. The summed E-state index contributed by atoms with van der Waals surface area (Å²) in [6, 6.07) is 6.65. The molecule has 2 amide bonds. The van der Waals surface area contributed by atoms with Crippen molar-refractivity contribution in [1.82, 2.24) is 9.80 Å². The molecule has 8 heteroatoms. The van der Waals surface area contributed by atoms with Crippen LogP contribution in [0.25, 0.3) is 0 Å². The van der Waals surface area contributed by atoms with Crippen LogP contribution in [0.5, 0.6) is 0 Å². The highest BCUT2D eigenvalue weighted by atomic mass is 19.1. The van der Waals surface area contributed by atoms with Crippen molar-refractivity contribution in [2.24, 2.45) is 5.73 Å². The smallest absolute Gasteiger partial charge is 0.244 e. The Hall–Kier alpha value is -2.50. The second-order valence-electron chi connectivity index (χ2n) is 7.47. The van der Waals surface area contributed by atoms with E-state index in [1.807, 2.05) is 4.90 Å². The lowest BCUT2D eigenvalue weighted by molar-refractivity contribution is -0.134. The van der Waals surface area contributed by atoms with Crippen molar-refractivity contribution >= 4 is 17.5 Å². The summed E-state index contributed by atoms with van der Waals surface area (Å²) in [4.78, 5) is 30.6. The standard InChI is InChI=1S/C19H22FN5O2/c20-12-3-5-13(6-4-12)25-15-8-17(19(25)27)23(10-15)11-16(22)18(26)24-7-1-2-14(24)9-21/h3-6,14-17H,1-2,7-8,10-11,22H2/t14-,15+,16-,17+/m0/s1. The van der Waals surface area contributed by atoms with Gasteiger partial charge in [-0.05, 0) is 43.5 Å². The summed E-state index contributed by atoms with van der Waals surface area (Å²) in [5.74, 6) is -0.586. The Bertz CT molecular complexity index is 792. The number of benzene rings is 1. The summed E-state index contributed by atoms with van der Waals surface area (Å²) in [6.45, 7) is 1.50. The molecule has 142 valence electrons. The third kappa shape index (κ3) is 3.07. The third-order valence-corrected chi connectivity index (χ3v) is 5.81. The van der Waals surface area contributed by atoms with Crippen LogP contribution >= 0.6 is 0 Å². The Morgan fingerprint density at radius 2 is 2.11 bits per heavy atom. The molecule has 0 saturated carbocycles. The molecule has 1 aromatic rings. The summed E-state index contributed by atoms with van der Waals surface area (Å²) >= 11 is 0. The average Bonchev–Trinajstić information content (AvgIpc) is 3.36. The van der Waals surface area contributed by atoms with Crippen molar-refractivity contribution in [1.29, 1.82) is 5.26 Å². The van der Waals surface area contributed by atoms with Gasteiger partial charge in [-0.2, -0.15) is 5.26 Å². The minimum Gasteiger partial charge on any atom is -0.325 e. The number of halogens is 1. The van der Waals surface area contributed by atoms with Crippen LogP contribution in [0.2, 0.25) is 0 Å². The maximum Gasteiger partial charge on any atom is 0.244 e. The Labute approximate surface area is 157 Å². The highest BCUT2D eigenvalue weighted by Gasteiger charge is 2.50. The molecule has 2 N–H and O–H groups in total. The molecule has 7 nitrogen and oxygen atoms in total. The number of nitrogens with zero attached hydrogens (tertiary/aromatic N) is 4. The van der Waals surface area contributed by atoms with Crippen molar-refractivity contribution in [3.8, 4) is 6.07 Å². The van der Waals surface area contributed by atoms with E-state index in [4.69, 9.17) is 11.0 Å². The number of rotatable bonds is 4. The Morgan fingerprint density at radius 1 is 1.37 bits per heavy atom. The molecule has 0 aliphatic carbocycles. The second kappa shape index (κ2) is 6.91. The van der Waals surface area contributed by atoms with Gasteiger partial charge in [-0.3, -0.25) is 14.5 Å². The van der Waals surface area contributed by atoms with Crippen molar-refractivity contribution in [3.05, 3.63) is 30.1 Å². The van der Waals surface area contributed by atoms with Crippen LogP contribution in [0, 0.1) is 17.1 Å². The zero-order valence-corrected chi connectivity index (χ0v) is 14.9. The number of carbonyl (C=O) groups excluding carboxylic acids is 2. The van der Waals surface area contributed by atoms with Gasteiger partial charge in [0.05, 0.1) is 24.2 Å². The minimum absolute atomic E-state index is 0.00825. The van der Waals surface area contributed by atoms with E-state index in [1.54, 1.807) is 21.9 Å². The van der Waals surface area contributed by atoms with Gasteiger partial charge in [0.2, 0.25) is 11.8 Å². The molecular formula is C19H22FN5O2. The fourth-order valence-corrected chi connectivity index (χ4v) is 4.51. The summed E-state index contributed by atoms with van der Waals surface area (Å²) in [5, 5.41) is 9.16. The van der Waals surface area contributed by atoms with Crippen LogP contribution < -0.4 is 10.6 Å². The number of amides is 2. The maximum absolute atomic E-state index is 13.1. The van der Waals surface area contributed by atoms with Crippen LogP contribution in [-0.2, 0) is 9.59 Å². The van der Waals surface area contributed by atoms with Crippen molar-refractivity contribution in [2.75, 3.05) is 24.5 Å². The van der Waals surface area contributed by atoms with Gasteiger partial charge in [0, 0.05) is 25.3 Å². The van der Waals surface area contributed by atoms with Gasteiger partial charge >= 0.3 is 0 Å². The monoisotopic (exact) mass is 371 g/mol. The minimum atomic E-state index is -0.745. The molecule has 27 heavy (non-hydrogen) atoms. The second-order valence-corrected chi connectivity index (χ2v) is 7.47. The SMILES string of the molecule is N#C[C@@H]1CCCN1C(=O)[C@@H](N)CN1C[C@H]2C[C@@H]1C(=O)N2c1ccc(F)cc1. The summed E-state index contributed by atoms with van der Waals surface area (Å²) < 4.78 is 13.1. The highest BCUT2D eigenvalue weighted by Crippen LogP contribution is 2.35. The van der Waals surface area contributed by atoms with E-state index < -0.39 is 12.1 Å². The van der Waals surface area contributed by atoms with Gasteiger partial charge in [0.1, 0.15) is 11.9 Å². The highest BCUT2D eigenvalue weighted by molar-refractivity contribution is 6.01. The van der Waals surface area contributed by atoms with Gasteiger partial charge in [-0.1, -0.05) is 0 Å². The molecule has 0 unspecified atom stereocenters. The van der Waals surface area contributed by atoms with E-state index >= 15 is 0 Å². The molecule has 0 spiro atoms. The van der Waals surface area contributed by atoms with Gasteiger partial charge < -0.3 is 15.5 Å². The van der Waals surface area contributed by atoms with Crippen LogP contribution in [-0.4, -0.2) is 65.4 Å². The molecule has 0 radical (unpaired) electrons. The number of hydrogen-bond acceptors (Lipinski definition) is 5. The largest absolute Gasteiger partial charge is 0.325 e. The molecular weight excluding hydrogens is 349 g/mol. The summed E-state index contributed by atoms with van der Waals surface area (Å²) in [6.07, 6.45) is 2.19. The van der Waals surface area contributed by atoms with Crippen LogP contribution in [0.3, 0.4) is 0 Å². The molecule has 3 heterocycles. The molecule has 3 saturated heterocycles. The Balaban J connectivity index is 1.40. The number of carbonyl (C=O) groups is 2. The van der Waals surface area contributed by atoms with E-state index in [0.717, 1.165) is 6.42 Å². The fraction of sp³-hybridized carbons (Fsp3) is 0.526. The average molecular weight is 371 g/mol. The van der Waals surface area contributed by atoms with E-state index in [0.29, 0.717) is 38.2 Å². The van der Waals surface area contributed by atoms with Crippen LogP contribution in [0.4, 0.5) is 10.1 Å². The predicted octanol–water partition coefficient (Wildman–Crippen LogP) is 0.457. The number of likely N-dealkylation sites (tertiary alicyclic amines) is 2. The van der Waals surface area contributed by atoms with Crippen LogP contribution in [0.1, 0.15) is 19.3 Å². The number of hydrogen-bond donors (Lipinski definition) is 1. The fourth-order valence-electron chi connectivity index (χ4n) is 4.51. The first-order valence-corrected chi connectivity index (χ1v) is 9.28. The van der Waals surface area contributed by atoms with E-state index in [2.05, 4.69) is 6.07 Å². The van der Waals surface area contributed by atoms with E-state index in [-0.39, 0.29) is 29.7 Å². The first-order chi connectivity index (χ1) is 13.0. The number of anilines is 1. The molecule has 4 atom stereocenters. The topological polar surface area (TPSA) is 93.7 Å². The van der Waals surface area contributed by atoms with Crippen molar-refractivity contribution in [3.63, 3.8) is 0 Å². The third-order valence-electron chi connectivity index (χ3n) is 5.81. The number of piperazine rings is 1. The lowest BCUT2D eigenvalue weighted by Gasteiger charge is -2.35. The van der Waals surface area contributed by atoms with Crippen molar-refractivity contribution < 1.29 is 14.0 Å². The summed E-state index contributed by atoms with van der Waals surface area (Å²) in [5.41, 5.74) is 6.82. The molecule has 3 fully saturated rings. The lowest BCUT2D eigenvalue weighted by atomic mass is 10.2. The lowest BCUT2D eigenvalue weighted by Crippen LogP contribution is -2.56. The Kier molecular flexibility index (Phi) is 4.58. The predicted molar refractivity (Wildman–Crippen MR) is 96.0 cm³/mol. The van der Waals surface area contributed by atoms with Gasteiger partial charge in [0.25, 0.3) is 0 Å². The molecule has 4 rings (SSSR count). The zero-order valence-electron chi connectivity index (χ0n) is 14.9. The molecule has 3 aliphatic rings. The van der Waals surface area contributed by atoms with Gasteiger partial charge in [-0.25, -0.2) is 4.39 Å². The van der Waals surface area contributed by atoms with Gasteiger partial charge in [0.15, 0.2) is 0 Å². The van der Waals surface area contributed by atoms with E-state index in [1.165, 1.54) is 12.1 Å². The first kappa shape index (κ1) is 17.9. The van der Waals surface area contributed by atoms with Crippen molar-refractivity contribution in [2.45, 2.75) is 43.4 Å². The summed E-state index contributed by atoms with van der Waals surface area (Å²) in [7, 11) is 0. The zero-order chi connectivity index (χ0) is 19.1. The molecule has 1 aromatic carbocycles. The number of nitrogens with two attached hydrogens (primary N) is 1. The van der Waals surface area contributed by atoms with Crippen LogP contribution in [0.15, 0.2) is 24.3 Å². The van der Waals surface area contributed by atoms with E-state index in [9.17, 15) is 14.0 Å².